The lowest BCUT2D eigenvalue weighted by molar-refractivity contribution is -0.139. The van der Waals surface area contributed by atoms with Crippen molar-refractivity contribution in [3.8, 4) is 0 Å². The van der Waals surface area contributed by atoms with Crippen LogP contribution < -0.4 is 0 Å². The first-order chi connectivity index (χ1) is 10.7. The summed E-state index contributed by atoms with van der Waals surface area (Å²) in [6.45, 7) is 23.5. The maximum absolute atomic E-state index is 11.6. The number of hydrogen-bond acceptors (Lipinski definition) is 4. The van der Waals surface area contributed by atoms with Gasteiger partial charge in [-0.3, -0.25) is 0 Å². The quantitative estimate of drug-likeness (QED) is 0.288. The first-order valence-corrected chi connectivity index (χ1v) is 17.4. The minimum Gasteiger partial charge on any atom is -0.462 e. The van der Waals surface area contributed by atoms with Crippen LogP contribution in [-0.2, 0) is 17.8 Å². The minimum absolute atomic E-state index is 0.302. The van der Waals surface area contributed by atoms with Gasteiger partial charge in [-0.1, -0.05) is 20.4 Å². The molecule has 0 bridgehead atoms. The highest BCUT2D eigenvalue weighted by atomic mass is 28.4. The highest BCUT2D eigenvalue weighted by Crippen LogP contribution is 2.34. The van der Waals surface area contributed by atoms with E-state index in [0.29, 0.717) is 23.6 Å². The Morgan fingerprint density at radius 1 is 1.12 bits per heavy atom. The molecule has 2 unspecified atom stereocenters. The fourth-order valence-corrected chi connectivity index (χ4v) is 13.4. The van der Waals surface area contributed by atoms with Crippen molar-refractivity contribution in [2.45, 2.75) is 78.4 Å². The molecule has 0 aliphatic heterocycles. The third-order valence-electron chi connectivity index (χ3n) is 3.78. The molecule has 0 spiro atoms. The van der Waals surface area contributed by atoms with Crippen LogP contribution in [0.1, 0.15) is 33.6 Å². The van der Waals surface area contributed by atoms with Crippen molar-refractivity contribution in [2.24, 2.45) is 5.92 Å². The Kier molecular flexibility index (Phi) is 9.97. The van der Waals surface area contributed by atoms with Gasteiger partial charge >= 0.3 is 5.97 Å². The summed E-state index contributed by atoms with van der Waals surface area (Å²) in [7, 11) is -5.09. The fraction of sp³-hybridized carbons (Fsp3) is 0.824. The second-order valence-electron chi connectivity index (χ2n) is 8.55. The molecule has 0 fully saturated rings. The molecule has 2 atom stereocenters. The van der Waals surface area contributed by atoms with Gasteiger partial charge < -0.3 is 13.0 Å². The average molecular weight is 391 g/mol. The van der Waals surface area contributed by atoms with Crippen molar-refractivity contribution in [1.82, 2.24) is 0 Å². The van der Waals surface area contributed by atoms with Gasteiger partial charge in [0.1, 0.15) is 0 Å². The van der Waals surface area contributed by atoms with Gasteiger partial charge in [0.15, 0.2) is 16.6 Å². The molecule has 0 saturated carbocycles. The molecule has 0 aliphatic carbocycles. The van der Waals surface area contributed by atoms with Crippen LogP contribution in [0.15, 0.2) is 12.2 Å². The Morgan fingerprint density at radius 2 is 1.67 bits per heavy atom. The Labute approximate surface area is 153 Å². The summed E-state index contributed by atoms with van der Waals surface area (Å²) in [4.78, 5) is 11.6. The summed E-state index contributed by atoms with van der Waals surface area (Å²) in [6.07, 6.45) is 1.95. The van der Waals surface area contributed by atoms with E-state index >= 15 is 0 Å². The smallest absolute Gasteiger partial charge is 0.333 e. The Morgan fingerprint density at radius 3 is 2.08 bits per heavy atom. The summed E-state index contributed by atoms with van der Waals surface area (Å²) >= 11 is 0. The van der Waals surface area contributed by atoms with Crippen LogP contribution in [0.4, 0.5) is 0 Å². The van der Waals surface area contributed by atoms with E-state index in [-0.39, 0.29) is 5.97 Å². The highest BCUT2D eigenvalue weighted by molar-refractivity contribution is 6.81. The zero-order chi connectivity index (χ0) is 19.1. The van der Waals surface area contributed by atoms with Gasteiger partial charge in [0, 0.05) is 5.57 Å². The maximum Gasteiger partial charge on any atom is 0.333 e. The molecule has 0 aromatic carbocycles. The molecule has 0 aromatic rings. The number of hydrogen-bond donors (Lipinski definition) is 0. The van der Waals surface area contributed by atoms with Crippen LogP contribution in [0.2, 0.25) is 44.8 Å². The SMILES string of the molecule is C=C(C)C(=O)OCCC(CC(C)C)[Si](C)(C)O[SiH](C)O[Si](C)(C)C. The number of rotatable bonds is 11. The van der Waals surface area contributed by atoms with Crippen molar-refractivity contribution in [2.75, 3.05) is 6.61 Å². The van der Waals surface area contributed by atoms with E-state index in [1.54, 1.807) is 6.92 Å². The van der Waals surface area contributed by atoms with Crippen LogP contribution in [0.3, 0.4) is 0 Å². The van der Waals surface area contributed by atoms with Gasteiger partial charge in [0.2, 0.25) is 0 Å². The molecule has 0 saturated heterocycles. The minimum atomic E-state index is -1.91. The molecule has 0 rings (SSSR count). The van der Waals surface area contributed by atoms with Crippen molar-refractivity contribution in [3.05, 3.63) is 12.2 Å². The zero-order valence-electron chi connectivity index (χ0n) is 17.2. The van der Waals surface area contributed by atoms with Crippen LogP contribution in [-0.4, -0.2) is 38.5 Å². The molecular weight excluding hydrogens is 352 g/mol. The predicted octanol–water partition coefficient (Wildman–Crippen LogP) is 4.84. The summed E-state index contributed by atoms with van der Waals surface area (Å²) < 4.78 is 18.0. The molecule has 0 radical (unpaired) electrons. The first kappa shape index (κ1) is 23.8. The van der Waals surface area contributed by atoms with E-state index in [0.717, 1.165) is 12.8 Å². The lowest BCUT2D eigenvalue weighted by Crippen LogP contribution is -2.46. The van der Waals surface area contributed by atoms with Crippen LogP contribution in [0.5, 0.6) is 0 Å². The normalized spacial score (nSPS) is 15.2. The van der Waals surface area contributed by atoms with Crippen molar-refractivity contribution in [3.63, 3.8) is 0 Å². The van der Waals surface area contributed by atoms with Crippen LogP contribution in [0.25, 0.3) is 0 Å². The Hall–Kier alpha value is -0.219. The lowest BCUT2D eigenvalue weighted by atomic mass is 10.1. The van der Waals surface area contributed by atoms with E-state index in [9.17, 15) is 4.79 Å². The third kappa shape index (κ3) is 10.6. The van der Waals surface area contributed by atoms with Gasteiger partial charge in [0.05, 0.1) is 6.61 Å². The molecule has 0 amide bonds. The van der Waals surface area contributed by atoms with Gasteiger partial charge in [0.25, 0.3) is 9.28 Å². The second kappa shape index (κ2) is 10.1. The summed E-state index contributed by atoms with van der Waals surface area (Å²) in [5.41, 5.74) is 0.906. The van der Waals surface area contributed by atoms with E-state index in [4.69, 9.17) is 13.0 Å². The third-order valence-corrected chi connectivity index (χ3v) is 14.2. The number of esters is 1. The molecule has 0 aliphatic rings. The standard InChI is InChI=1S/C17H38O4Si3/c1-14(2)13-16(11-12-19-17(18)15(3)4)24(9,10)21-22(5)20-23(6,7)8/h14,16,22H,3,11-13H2,1-2,4-10H3. The molecule has 24 heavy (non-hydrogen) atoms. The first-order valence-electron chi connectivity index (χ1n) is 8.93. The van der Waals surface area contributed by atoms with E-state index in [1.807, 2.05) is 0 Å². The largest absolute Gasteiger partial charge is 0.462 e. The molecule has 4 nitrogen and oxygen atoms in total. The van der Waals surface area contributed by atoms with E-state index < -0.39 is 25.9 Å². The van der Waals surface area contributed by atoms with Gasteiger partial charge in [-0.2, -0.15) is 0 Å². The fourth-order valence-electron chi connectivity index (χ4n) is 2.78. The number of carbonyl (C=O) groups excluding carboxylic acids is 1. The number of ether oxygens (including phenoxy) is 1. The van der Waals surface area contributed by atoms with Crippen LogP contribution in [0, 0.1) is 5.92 Å². The summed E-state index contributed by atoms with van der Waals surface area (Å²) in [5.74, 6) is 0.292. The molecule has 0 heterocycles. The maximum atomic E-state index is 11.6. The molecular formula is C17H38O4Si3. The van der Waals surface area contributed by atoms with Gasteiger partial charge in [-0.05, 0) is 70.5 Å². The molecule has 0 aromatic heterocycles. The van der Waals surface area contributed by atoms with Crippen molar-refractivity contribution < 1.29 is 17.8 Å². The van der Waals surface area contributed by atoms with Crippen LogP contribution >= 0.6 is 0 Å². The predicted molar refractivity (Wildman–Crippen MR) is 110 cm³/mol. The topological polar surface area (TPSA) is 44.8 Å². The van der Waals surface area contributed by atoms with E-state index in [2.05, 4.69) is 59.7 Å². The molecule has 7 heteroatoms. The van der Waals surface area contributed by atoms with E-state index in [1.165, 1.54) is 0 Å². The highest BCUT2D eigenvalue weighted by Gasteiger charge is 2.36. The van der Waals surface area contributed by atoms with Crippen molar-refractivity contribution in [1.29, 1.82) is 0 Å². The summed E-state index contributed by atoms with van der Waals surface area (Å²) in [6, 6.07) is 0. The second-order valence-corrected chi connectivity index (χ2v) is 19.8. The Bertz CT molecular complexity index is 417. The van der Waals surface area contributed by atoms with Gasteiger partial charge in [-0.25, -0.2) is 4.79 Å². The van der Waals surface area contributed by atoms with Gasteiger partial charge in [-0.15, -0.1) is 0 Å². The Balaban J connectivity index is 4.80. The lowest BCUT2D eigenvalue weighted by Gasteiger charge is -2.37. The van der Waals surface area contributed by atoms with Crippen molar-refractivity contribution >= 4 is 31.9 Å². The zero-order valence-corrected chi connectivity index (χ0v) is 20.3. The molecule has 0 N–H and O–H groups in total. The monoisotopic (exact) mass is 390 g/mol. The molecule has 142 valence electrons. The number of carbonyl (C=O) groups is 1. The summed E-state index contributed by atoms with van der Waals surface area (Å²) in [5, 5.41) is 0. The average Bonchev–Trinajstić information content (AvgIpc) is 2.33.